The highest BCUT2D eigenvalue weighted by molar-refractivity contribution is 5.48. The molecule has 1 heterocycles. The van der Waals surface area contributed by atoms with E-state index in [-0.39, 0.29) is 12.1 Å². The van der Waals surface area contributed by atoms with Crippen LogP contribution in [0.25, 0.3) is 0 Å². The molecule has 0 saturated carbocycles. The number of benzene rings is 1. The maximum atomic E-state index is 8.98. The Hall–Kier alpha value is -1.10. The third-order valence-corrected chi connectivity index (χ3v) is 3.91. The van der Waals surface area contributed by atoms with Gasteiger partial charge in [0.15, 0.2) is 0 Å². The Morgan fingerprint density at radius 3 is 2.19 bits per heavy atom. The van der Waals surface area contributed by atoms with Gasteiger partial charge in [-0.1, -0.05) is 12.1 Å². The first-order valence-electron chi connectivity index (χ1n) is 7.90. The van der Waals surface area contributed by atoms with E-state index in [1.807, 2.05) is 0 Å². The van der Waals surface area contributed by atoms with Crippen molar-refractivity contribution in [3.05, 3.63) is 29.8 Å². The van der Waals surface area contributed by atoms with Crippen molar-refractivity contribution in [2.24, 2.45) is 0 Å². The predicted molar refractivity (Wildman–Crippen MR) is 88.8 cm³/mol. The maximum absolute atomic E-state index is 8.98. The van der Waals surface area contributed by atoms with Gasteiger partial charge in [0.1, 0.15) is 0 Å². The van der Waals surface area contributed by atoms with Crippen molar-refractivity contribution in [1.82, 2.24) is 10.2 Å². The molecule has 4 heteroatoms. The third kappa shape index (κ3) is 5.30. The summed E-state index contributed by atoms with van der Waals surface area (Å²) < 4.78 is 0. The van der Waals surface area contributed by atoms with Gasteiger partial charge in [-0.05, 0) is 38.5 Å². The smallest absolute Gasteiger partial charge is 0.0558 e. The minimum absolute atomic E-state index is 0.154. The Balaban J connectivity index is 1.85. The number of aliphatic hydroxyl groups is 1. The van der Waals surface area contributed by atoms with Crippen LogP contribution in [0.4, 0.5) is 5.69 Å². The Bertz CT molecular complexity index is 417. The fourth-order valence-electron chi connectivity index (χ4n) is 2.56. The normalized spacial score (nSPS) is 17.2. The van der Waals surface area contributed by atoms with E-state index in [4.69, 9.17) is 5.11 Å². The van der Waals surface area contributed by atoms with Crippen LogP contribution >= 0.6 is 0 Å². The molecular formula is C17H29N3O. The van der Waals surface area contributed by atoms with E-state index in [2.05, 4.69) is 60.2 Å². The number of aliphatic hydroxyl groups excluding tert-OH is 1. The van der Waals surface area contributed by atoms with Crippen LogP contribution in [0.15, 0.2) is 24.3 Å². The molecule has 0 atom stereocenters. The van der Waals surface area contributed by atoms with Crippen LogP contribution in [0.2, 0.25) is 0 Å². The standard InChI is InChI=1S/C17H29N3O/c1-17(2,3)18-14-15-4-6-16(7-5-15)20-10-8-19(9-11-20)12-13-21/h4-7,18,21H,8-14H2,1-3H3. The number of piperazine rings is 1. The van der Waals surface area contributed by atoms with E-state index >= 15 is 0 Å². The first-order valence-corrected chi connectivity index (χ1v) is 7.90. The lowest BCUT2D eigenvalue weighted by Gasteiger charge is -2.35. The van der Waals surface area contributed by atoms with Crippen molar-refractivity contribution in [2.45, 2.75) is 32.9 Å². The maximum Gasteiger partial charge on any atom is 0.0558 e. The summed E-state index contributed by atoms with van der Waals surface area (Å²) in [7, 11) is 0. The summed E-state index contributed by atoms with van der Waals surface area (Å²) in [6.07, 6.45) is 0. The van der Waals surface area contributed by atoms with E-state index in [0.717, 1.165) is 39.3 Å². The zero-order chi connectivity index (χ0) is 15.3. The summed E-state index contributed by atoms with van der Waals surface area (Å²) in [5, 5.41) is 12.5. The van der Waals surface area contributed by atoms with Gasteiger partial charge in [0.05, 0.1) is 6.61 Å². The topological polar surface area (TPSA) is 38.7 Å². The van der Waals surface area contributed by atoms with E-state index in [1.165, 1.54) is 11.3 Å². The van der Waals surface area contributed by atoms with Crippen molar-refractivity contribution in [3.8, 4) is 0 Å². The molecule has 1 aromatic carbocycles. The summed E-state index contributed by atoms with van der Waals surface area (Å²) in [5.74, 6) is 0. The number of nitrogens with one attached hydrogen (secondary N) is 1. The van der Waals surface area contributed by atoms with E-state index in [0.29, 0.717) is 0 Å². The molecule has 21 heavy (non-hydrogen) atoms. The largest absolute Gasteiger partial charge is 0.395 e. The monoisotopic (exact) mass is 291 g/mol. The Kier molecular flexibility index (Phi) is 5.62. The van der Waals surface area contributed by atoms with Gasteiger partial charge in [-0.3, -0.25) is 4.90 Å². The zero-order valence-electron chi connectivity index (χ0n) is 13.6. The van der Waals surface area contributed by atoms with Crippen LogP contribution in [0.5, 0.6) is 0 Å². The number of hydrogen-bond donors (Lipinski definition) is 2. The van der Waals surface area contributed by atoms with Gasteiger partial charge in [0, 0.05) is 50.5 Å². The number of hydrogen-bond acceptors (Lipinski definition) is 4. The lowest BCUT2D eigenvalue weighted by molar-refractivity contribution is 0.189. The van der Waals surface area contributed by atoms with E-state index in [9.17, 15) is 0 Å². The van der Waals surface area contributed by atoms with Gasteiger partial charge in [-0.25, -0.2) is 0 Å². The van der Waals surface area contributed by atoms with Gasteiger partial charge in [-0.15, -0.1) is 0 Å². The minimum Gasteiger partial charge on any atom is -0.395 e. The molecule has 1 aliphatic rings. The number of β-amino-alcohol motifs (C(OH)–C–C–N with tert-alkyl or cyclic N) is 1. The predicted octanol–water partition coefficient (Wildman–Crippen LogP) is 1.69. The number of anilines is 1. The second-order valence-electron chi connectivity index (χ2n) is 6.82. The Labute approximate surface area is 128 Å². The molecule has 0 amide bonds. The lowest BCUT2D eigenvalue weighted by atomic mass is 10.1. The SMILES string of the molecule is CC(C)(C)NCc1ccc(N2CCN(CCO)CC2)cc1. The van der Waals surface area contributed by atoms with Crippen LogP contribution in [-0.2, 0) is 6.54 Å². The molecule has 1 saturated heterocycles. The molecule has 0 bridgehead atoms. The molecule has 118 valence electrons. The molecule has 0 unspecified atom stereocenters. The summed E-state index contributed by atoms with van der Waals surface area (Å²) in [4.78, 5) is 4.74. The highest BCUT2D eigenvalue weighted by Gasteiger charge is 2.16. The van der Waals surface area contributed by atoms with Crippen LogP contribution in [0.1, 0.15) is 26.3 Å². The van der Waals surface area contributed by atoms with Crippen LogP contribution in [0, 0.1) is 0 Å². The molecule has 0 radical (unpaired) electrons. The van der Waals surface area contributed by atoms with Crippen molar-refractivity contribution < 1.29 is 5.11 Å². The quantitative estimate of drug-likeness (QED) is 0.866. The van der Waals surface area contributed by atoms with Crippen molar-refractivity contribution in [3.63, 3.8) is 0 Å². The van der Waals surface area contributed by atoms with Crippen LogP contribution in [-0.4, -0.2) is 54.9 Å². The average molecular weight is 291 g/mol. The zero-order valence-corrected chi connectivity index (χ0v) is 13.6. The van der Waals surface area contributed by atoms with Gasteiger partial charge in [0.25, 0.3) is 0 Å². The Morgan fingerprint density at radius 1 is 1.05 bits per heavy atom. The summed E-state index contributed by atoms with van der Waals surface area (Å²) >= 11 is 0. The molecule has 0 aromatic heterocycles. The second-order valence-corrected chi connectivity index (χ2v) is 6.82. The van der Waals surface area contributed by atoms with Gasteiger partial charge in [-0.2, -0.15) is 0 Å². The highest BCUT2D eigenvalue weighted by Crippen LogP contribution is 2.17. The van der Waals surface area contributed by atoms with Crippen molar-refractivity contribution in [1.29, 1.82) is 0 Å². The third-order valence-electron chi connectivity index (χ3n) is 3.91. The van der Waals surface area contributed by atoms with Crippen LogP contribution < -0.4 is 10.2 Å². The van der Waals surface area contributed by atoms with Crippen molar-refractivity contribution >= 4 is 5.69 Å². The molecular weight excluding hydrogens is 262 g/mol. The van der Waals surface area contributed by atoms with Gasteiger partial charge in [0.2, 0.25) is 0 Å². The first kappa shape index (κ1) is 16.3. The molecule has 0 aliphatic carbocycles. The molecule has 0 spiro atoms. The summed E-state index contributed by atoms with van der Waals surface area (Å²) in [5.41, 5.74) is 2.78. The molecule has 1 aliphatic heterocycles. The number of rotatable bonds is 5. The van der Waals surface area contributed by atoms with E-state index in [1.54, 1.807) is 0 Å². The molecule has 4 nitrogen and oxygen atoms in total. The molecule has 2 N–H and O–H groups in total. The molecule has 2 rings (SSSR count). The highest BCUT2D eigenvalue weighted by atomic mass is 16.3. The lowest BCUT2D eigenvalue weighted by Crippen LogP contribution is -2.47. The second kappa shape index (κ2) is 7.25. The average Bonchev–Trinajstić information content (AvgIpc) is 2.46. The van der Waals surface area contributed by atoms with Crippen molar-refractivity contribution in [2.75, 3.05) is 44.2 Å². The van der Waals surface area contributed by atoms with Gasteiger partial charge < -0.3 is 15.3 Å². The minimum atomic E-state index is 0.154. The fraction of sp³-hybridized carbons (Fsp3) is 0.647. The first-order chi connectivity index (χ1) is 9.98. The fourth-order valence-corrected chi connectivity index (χ4v) is 2.56. The molecule has 1 aromatic rings. The summed E-state index contributed by atoms with van der Waals surface area (Å²) in [6, 6.07) is 8.88. The Morgan fingerprint density at radius 2 is 1.67 bits per heavy atom. The van der Waals surface area contributed by atoms with Gasteiger partial charge >= 0.3 is 0 Å². The van der Waals surface area contributed by atoms with Crippen LogP contribution in [0.3, 0.4) is 0 Å². The van der Waals surface area contributed by atoms with E-state index < -0.39 is 0 Å². The molecule has 1 fully saturated rings. The summed E-state index contributed by atoms with van der Waals surface area (Å²) in [6.45, 7) is 12.7. The number of nitrogens with zero attached hydrogens (tertiary/aromatic N) is 2.